The first kappa shape index (κ1) is 15.0. The van der Waals surface area contributed by atoms with E-state index in [9.17, 15) is 8.42 Å². The smallest absolute Gasteiger partial charge is 0.180 e. The molecule has 1 unspecified atom stereocenters. The molecule has 0 aliphatic rings. The minimum absolute atomic E-state index is 0.00610. The number of rotatable bonds is 5. The zero-order valence-corrected chi connectivity index (χ0v) is 12.7. The lowest BCUT2D eigenvalue weighted by atomic mass is 10.1. The summed E-state index contributed by atoms with van der Waals surface area (Å²) in [5.41, 5.74) is 0.945. The lowest BCUT2D eigenvalue weighted by Crippen LogP contribution is -2.25. The topological polar surface area (TPSA) is 46.2 Å². The molecule has 20 heavy (non-hydrogen) atoms. The van der Waals surface area contributed by atoms with Crippen molar-refractivity contribution in [3.8, 4) is 0 Å². The molecule has 0 amide bonds. The Morgan fingerprint density at radius 3 is 2.40 bits per heavy atom. The fraction of sp³-hybridized carbons (Fsp3) is 0.200. The molecule has 0 spiro atoms. The van der Waals surface area contributed by atoms with Crippen molar-refractivity contribution >= 4 is 21.4 Å². The van der Waals surface area contributed by atoms with Crippen LogP contribution in [0.3, 0.4) is 0 Å². The summed E-state index contributed by atoms with van der Waals surface area (Å²) in [5, 5.41) is 3.47. The van der Waals surface area contributed by atoms with Gasteiger partial charge in [0.15, 0.2) is 9.84 Å². The molecule has 2 aromatic carbocycles. The Hall–Kier alpha value is -1.36. The van der Waals surface area contributed by atoms with E-state index in [-0.39, 0.29) is 16.7 Å². The molecule has 0 fully saturated rings. The van der Waals surface area contributed by atoms with Crippen molar-refractivity contribution < 1.29 is 8.42 Å². The average molecular weight is 310 g/mol. The number of nitrogens with one attached hydrogen (secondary N) is 1. The zero-order chi connectivity index (χ0) is 14.6. The van der Waals surface area contributed by atoms with E-state index in [0.29, 0.717) is 5.02 Å². The summed E-state index contributed by atoms with van der Waals surface area (Å²) in [7, 11) is -1.63. The predicted molar refractivity (Wildman–Crippen MR) is 81.7 cm³/mol. The van der Waals surface area contributed by atoms with E-state index in [1.807, 2.05) is 30.3 Å². The summed E-state index contributed by atoms with van der Waals surface area (Å²) in [6.45, 7) is 0. The number of halogens is 1. The van der Waals surface area contributed by atoms with Gasteiger partial charge in [0, 0.05) is 11.1 Å². The number of hydrogen-bond acceptors (Lipinski definition) is 3. The van der Waals surface area contributed by atoms with Crippen molar-refractivity contribution in [2.75, 3.05) is 12.8 Å². The van der Waals surface area contributed by atoms with Gasteiger partial charge in [0.1, 0.15) is 0 Å². The van der Waals surface area contributed by atoms with Crippen LogP contribution in [0.1, 0.15) is 11.6 Å². The van der Waals surface area contributed by atoms with Crippen LogP contribution >= 0.6 is 11.6 Å². The maximum Gasteiger partial charge on any atom is 0.180 e. The monoisotopic (exact) mass is 309 g/mol. The van der Waals surface area contributed by atoms with E-state index in [4.69, 9.17) is 11.6 Å². The Labute approximate surface area is 124 Å². The van der Waals surface area contributed by atoms with Crippen molar-refractivity contribution in [3.05, 3.63) is 65.2 Å². The predicted octanol–water partition coefficient (Wildman–Crippen LogP) is 3.07. The van der Waals surface area contributed by atoms with Crippen molar-refractivity contribution in [1.29, 1.82) is 0 Å². The molecule has 0 aliphatic heterocycles. The Bertz CT molecular complexity index is 671. The highest BCUT2D eigenvalue weighted by molar-refractivity contribution is 7.91. The number of sulfone groups is 1. The van der Waals surface area contributed by atoms with Crippen LogP contribution in [0.2, 0.25) is 5.02 Å². The summed E-state index contributed by atoms with van der Waals surface area (Å²) < 4.78 is 24.9. The minimum Gasteiger partial charge on any atom is -0.312 e. The van der Waals surface area contributed by atoms with Crippen LogP contribution in [0.15, 0.2) is 59.5 Å². The van der Waals surface area contributed by atoms with E-state index >= 15 is 0 Å². The third kappa shape index (κ3) is 3.60. The van der Waals surface area contributed by atoms with Gasteiger partial charge in [-0.2, -0.15) is 0 Å². The molecule has 1 N–H and O–H groups in total. The van der Waals surface area contributed by atoms with Gasteiger partial charge < -0.3 is 5.32 Å². The van der Waals surface area contributed by atoms with Crippen molar-refractivity contribution in [2.45, 2.75) is 10.9 Å². The highest BCUT2D eigenvalue weighted by Gasteiger charge is 2.21. The molecule has 5 heteroatoms. The van der Waals surface area contributed by atoms with Crippen LogP contribution in [-0.4, -0.2) is 21.2 Å². The maximum atomic E-state index is 12.4. The van der Waals surface area contributed by atoms with Crippen molar-refractivity contribution in [2.24, 2.45) is 0 Å². The largest absolute Gasteiger partial charge is 0.312 e. The fourth-order valence-corrected chi connectivity index (χ4v) is 3.85. The molecule has 2 aromatic rings. The first-order valence-electron chi connectivity index (χ1n) is 6.23. The van der Waals surface area contributed by atoms with Crippen LogP contribution in [0.5, 0.6) is 0 Å². The van der Waals surface area contributed by atoms with Crippen LogP contribution in [-0.2, 0) is 9.84 Å². The third-order valence-electron chi connectivity index (χ3n) is 3.09. The zero-order valence-electron chi connectivity index (χ0n) is 11.1. The molecule has 0 saturated heterocycles. The third-order valence-corrected chi connectivity index (χ3v) is 5.07. The standard InChI is InChI=1S/C15H16ClNO2S/c1-17-15(12-6-3-2-4-7-12)11-20(18,19)14-9-5-8-13(16)10-14/h2-10,15,17H,11H2,1H3. The second kappa shape index (κ2) is 6.39. The van der Waals surface area contributed by atoms with Gasteiger partial charge in [-0.3, -0.25) is 0 Å². The quantitative estimate of drug-likeness (QED) is 0.923. The summed E-state index contributed by atoms with van der Waals surface area (Å²) in [4.78, 5) is 0.251. The SMILES string of the molecule is CNC(CS(=O)(=O)c1cccc(Cl)c1)c1ccccc1. The number of hydrogen-bond donors (Lipinski definition) is 1. The van der Waals surface area contributed by atoms with Gasteiger partial charge in [0.25, 0.3) is 0 Å². The second-order valence-electron chi connectivity index (χ2n) is 4.49. The van der Waals surface area contributed by atoms with Gasteiger partial charge in [-0.1, -0.05) is 48.0 Å². The van der Waals surface area contributed by atoms with E-state index in [1.165, 1.54) is 6.07 Å². The summed E-state index contributed by atoms with van der Waals surface area (Å²) >= 11 is 5.86. The Morgan fingerprint density at radius 1 is 1.10 bits per heavy atom. The molecule has 0 aromatic heterocycles. The molecular weight excluding hydrogens is 294 g/mol. The van der Waals surface area contributed by atoms with Gasteiger partial charge in [0.2, 0.25) is 0 Å². The first-order valence-corrected chi connectivity index (χ1v) is 8.26. The van der Waals surface area contributed by atoms with E-state index < -0.39 is 9.84 Å². The van der Waals surface area contributed by atoms with Gasteiger partial charge in [0.05, 0.1) is 10.6 Å². The Morgan fingerprint density at radius 2 is 1.80 bits per heavy atom. The lowest BCUT2D eigenvalue weighted by Gasteiger charge is -2.17. The van der Waals surface area contributed by atoms with Gasteiger partial charge >= 0.3 is 0 Å². The molecule has 0 saturated carbocycles. The molecule has 0 bridgehead atoms. The summed E-state index contributed by atoms with van der Waals surface area (Å²) in [6.07, 6.45) is 0. The van der Waals surface area contributed by atoms with E-state index in [1.54, 1.807) is 25.2 Å². The number of benzene rings is 2. The van der Waals surface area contributed by atoms with Crippen molar-refractivity contribution in [3.63, 3.8) is 0 Å². The van der Waals surface area contributed by atoms with Gasteiger partial charge in [-0.25, -0.2) is 8.42 Å². The van der Waals surface area contributed by atoms with Crippen LogP contribution in [0.25, 0.3) is 0 Å². The Kier molecular flexibility index (Phi) is 4.81. The van der Waals surface area contributed by atoms with Crippen LogP contribution < -0.4 is 5.32 Å². The van der Waals surface area contributed by atoms with Crippen molar-refractivity contribution in [1.82, 2.24) is 5.32 Å². The van der Waals surface area contributed by atoms with E-state index in [2.05, 4.69) is 5.32 Å². The summed E-state index contributed by atoms with van der Waals surface area (Å²) in [6, 6.07) is 15.6. The van der Waals surface area contributed by atoms with Gasteiger partial charge in [-0.05, 0) is 30.8 Å². The lowest BCUT2D eigenvalue weighted by molar-refractivity contribution is 0.574. The minimum atomic E-state index is -3.39. The highest BCUT2D eigenvalue weighted by atomic mass is 35.5. The average Bonchev–Trinajstić information content (AvgIpc) is 2.46. The molecular formula is C15H16ClNO2S. The Balaban J connectivity index is 2.27. The van der Waals surface area contributed by atoms with E-state index in [0.717, 1.165) is 5.56 Å². The molecule has 106 valence electrons. The fourth-order valence-electron chi connectivity index (χ4n) is 2.01. The van der Waals surface area contributed by atoms with Gasteiger partial charge in [-0.15, -0.1) is 0 Å². The summed E-state index contributed by atoms with van der Waals surface area (Å²) in [5.74, 6) is -0.00610. The van der Waals surface area contributed by atoms with Crippen LogP contribution in [0.4, 0.5) is 0 Å². The molecule has 1 atom stereocenters. The molecule has 0 aliphatic carbocycles. The molecule has 2 rings (SSSR count). The maximum absolute atomic E-state index is 12.4. The first-order chi connectivity index (χ1) is 9.53. The molecule has 0 radical (unpaired) electrons. The molecule has 3 nitrogen and oxygen atoms in total. The highest BCUT2D eigenvalue weighted by Crippen LogP contribution is 2.21. The second-order valence-corrected chi connectivity index (χ2v) is 6.96. The molecule has 0 heterocycles. The van der Waals surface area contributed by atoms with Crippen LogP contribution in [0, 0.1) is 0 Å². The normalized spacial score (nSPS) is 13.1.